The molecule has 0 unspecified atom stereocenters. The van der Waals surface area contributed by atoms with Crippen molar-refractivity contribution in [1.82, 2.24) is 0 Å². The van der Waals surface area contributed by atoms with Crippen LogP contribution in [0.5, 0.6) is 0 Å². The van der Waals surface area contributed by atoms with Crippen molar-refractivity contribution in [2.75, 3.05) is 40.6 Å². The SMILES string of the molecule is COCCOC(=O)C1=C(C)CC(C)=C(C(=O)OCCOC)C1c1ccc(C(C)(C)C)cc1. The van der Waals surface area contributed by atoms with E-state index in [4.69, 9.17) is 18.9 Å². The molecule has 0 fully saturated rings. The van der Waals surface area contributed by atoms with Crippen molar-refractivity contribution in [3.05, 3.63) is 57.7 Å². The Morgan fingerprint density at radius 3 is 1.62 bits per heavy atom. The summed E-state index contributed by atoms with van der Waals surface area (Å²) in [5, 5.41) is 0. The van der Waals surface area contributed by atoms with Crippen LogP contribution in [0.1, 0.15) is 58.1 Å². The Bertz CT molecular complexity index is 827. The first-order valence-corrected chi connectivity index (χ1v) is 10.9. The van der Waals surface area contributed by atoms with Crippen LogP contribution in [-0.2, 0) is 34.0 Å². The Hall–Kier alpha value is -2.44. The second-order valence-corrected chi connectivity index (χ2v) is 9.13. The molecule has 0 spiro atoms. The lowest BCUT2D eigenvalue weighted by Crippen LogP contribution is -2.28. The number of allylic oxidation sites excluding steroid dienone is 2. The van der Waals surface area contributed by atoms with Gasteiger partial charge in [-0.15, -0.1) is 0 Å². The van der Waals surface area contributed by atoms with Crippen LogP contribution in [0, 0.1) is 0 Å². The highest BCUT2D eigenvalue weighted by Gasteiger charge is 2.37. The van der Waals surface area contributed by atoms with Gasteiger partial charge in [0.25, 0.3) is 0 Å². The maximum absolute atomic E-state index is 13.1. The molecule has 0 radical (unpaired) electrons. The molecule has 0 aromatic heterocycles. The van der Waals surface area contributed by atoms with E-state index in [1.807, 2.05) is 26.0 Å². The molecule has 0 heterocycles. The minimum absolute atomic E-state index is 0.00751. The lowest BCUT2D eigenvalue weighted by atomic mass is 9.74. The lowest BCUT2D eigenvalue weighted by molar-refractivity contribution is -0.141. The number of benzene rings is 1. The van der Waals surface area contributed by atoms with E-state index in [1.165, 1.54) is 5.56 Å². The number of ether oxygens (including phenoxy) is 4. The van der Waals surface area contributed by atoms with Crippen LogP contribution in [0.4, 0.5) is 0 Å². The van der Waals surface area contributed by atoms with E-state index in [1.54, 1.807) is 14.2 Å². The Morgan fingerprint density at radius 1 is 0.812 bits per heavy atom. The van der Waals surface area contributed by atoms with Crippen molar-refractivity contribution in [2.24, 2.45) is 0 Å². The Labute approximate surface area is 191 Å². The molecule has 1 aliphatic rings. The average Bonchev–Trinajstić information content (AvgIpc) is 2.72. The molecule has 0 atom stereocenters. The predicted molar refractivity (Wildman–Crippen MR) is 124 cm³/mol. The van der Waals surface area contributed by atoms with Crippen LogP contribution in [-0.4, -0.2) is 52.6 Å². The van der Waals surface area contributed by atoms with Crippen LogP contribution in [0.2, 0.25) is 0 Å². The third kappa shape index (κ3) is 6.30. The molecule has 2 rings (SSSR count). The summed E-state index contributed by atoms with van der Waals surface area (Å²) < 4.78 is 20.9. The number of hydrogen-bond donors (Lipinski definition) is 0. The van der Waals surface area contributed by atoms with Crippen molar-refractivity contribution in [3.8, 4) is 0 Å². The zero-order valence-electron chi connectivity index (χ0n) is 20.4. The molecule has 0 saturated carbocycles. The van der Waals surface area contributed by atoms with Gasteiger partial charge in [-0.1, -0.05) is 56.2 Å². The van der Waals surface area contributed by atoms with Crippen LogP contribution in [0.3, 0.4) is 0 Å². The largest absolute Gasteiger partial charge is 0.460 e. The van der Waals surface area contributed by atoms with Gasteiger partial charge >= 0.3 is 11.9 Å². The summed E-state index contributed by atoms with van der Waals surface area (Å²) in [5.74, 6) is -1.42. The van der Waals surface area contributed by atoms with Gasteiger partial charge in [-0.05, 0) is 36.8 Å². The number of carbonyl (C=O) groups excluding carboxylic acids is 2. The topological polar surface area (TPSA) is 71.1 Å². The molecular weight excluding hydrogens is 408 g/mol. The molecule has 0 N–H and O–H groups in total. The summed E-state index contributed by atoms with van der Waals surface area (Å²) in [6, 6.07) is 8.08. The molecule has 1 aliphatic carbocycles. The van der Waals surface area contributed by atoms with E-state index in [2.05, 4.69) is 32.9 Å². The molecule has 6 heteroatoms. The summed E-state index contributed by atoms with van der Waals surface area (Å²) in [6.07, 6.45) is 0.514. The Balaban J connectivity index is 2.51. The molecule has 0 bridgehead atoms. The molecule has 0 aliphatic heterocycles. The number of esters is 2. The second kappa shape index (κ2) is 11.4. The molecule has 0 amide bonds. The van der Waals surface area contributed by atoms with Gasteiger partial charge < -0.3 is 18.9 Å². The first-order chi connectivity index (χ1) is 15.1. The fourth-order valence-corrected chi connectivity index (χ4v) is 3.91. The Morgan fingerprint density at radius 2 is 1.25 bits per heavy atom. The molecule has 32 heavy (non-hydrogen) atoms. The summed E-state index contributed by atoms with van der Waals surface area (Å²) in [5.41, 5.74) is 4.79. The van der Waals surface area contributed by atoms with E-state index in [9.17, 15) is 9.59 Å². The molecule has 176 valence electrons. The van der Waals surface area contributed by atoms with Gasteiger partial charge in [-0.3, -0.25) is 0 Å². The van der Waals surface area contributed by atoms with Gasteiger partial charge in [0, 0.05) is 31.3 Å². The predicted octanol–water partition coefficient (Wildman–Crippen LogP) is 4.48. The summed E-state index contributed by atoms with van der Waals surface area (Å²) in [7, 11) is 3.11. The van der Waals surface area contributed by atoms with Crippen LogP contribution in [0.15, 0.2) is 46.6 Å². The third-order valence-corrected chi connectivity index (χ3v) is 5.62. The van der Waals surface area contributed by atoms with Crippen molar-refractivity contribution in [2.45, 2.75) is 52.4 Å². The molecule has 0 saturated heterocycles. The smallest absolute Gasteiger partial charge is 0.335 e. The number of carbonyl (C=O) groups is 2. The Kier molecular flexibility index (Phi) is 9.22. The van der Waals surface area contributed by atoms with E-state index in [-0.39, 0.29) is 18.6 Å². The van der Waals surface area contributed by atoms with Gasteiger partial charge in [0.15, 0.2) is 0 Å². The normalized spacial score (nSPS) is 15.2. The van der Waals surface area contributed by atoms with Gasteiger partial charge in [-0.2, -0.15) is 0 Å². The fourth-order valence-electron chi connectivity index (χ4n) is 3.91. The van der Waals surface area contributed by atoms with Gasteiger partial charge in [-0.25, -0.2) is 9.59 Å². The summed E-state index contributed by atoms with van der Waals surface area (Å²) in [4.78, 5) is 26.2. The number of rotatable bonds is 9. The maximum Gasteiger partial charge on any atom is 0.335 e. The highest BCUT2D eigenvalue weighted by Crippen LogP contribution is 2.43. The first kappa shape index (κ1) is 25.8. The zero-order valence-corrected chi connectivity index (χ0v) is 20.4. The standard InChI is InChI=1S/C26H36O6/c1-17-16-18(2)22(25(28)32-15-13-30-7)23(21(17)24(27)31-14-12-29-6)19-8-10-20(11-9-19)26(3,4)5/h8-11,23H,12-16H2,1-7H3. The summed E-state index contributed by atoms with van der Waals surface area (Å²) >= 11 is 0. The summed E-state index contributed by atoms with van der Waals surface area (Å²) in [6.45, 7) is 11.2. The van der Waals surface area contributed by atoms with Crippen LogP contribution in [0.25, 0.3) is 0 Å². The van der Waals surface area contributed by atoms with Gasteiger partial charge in [0.1, 0.15) is 13.2 Å². The van der Waals surface area contributed by atoms with Gasteiger partial charge in [0.05, 0.1) is 13.2 Å². The first-order valence-electron chi connectivity index (χ1n) is 10.9. The minimum Gasteiger partial charge on any atom is -0.460 e. The van der Waals surface area contributed by atoms with Crippen molar-refractivity contribution >= 4 is 11.9 Å². The highest BCUT2D eigenvalue weighted by molar-refractivity contribution is 6.00. The van der Waals surface area contributed by atoms with Gasteiger partial charge in [0.2, 0.25) is 0 Å². The van der Waals surface area contributed by atoms with Crippen LogP contribution >= 0.6 is 0 Å². The lowest BCUT2D eigenvalue weighted by Gasteiger charge is -2.30. The second-order valence-electron chi connectivity index (χ2n) is 9.13. The third-order valence-electron chi connectivity index (χ3n) is 5.62. The van der Waals surface area contributed by atoms with Crippen molar-refractivity contribution in [1.29, 1.82) is 0 Å². The molecule has 1 aromatic rings. The molecular formula is C26H36O6. The average molecular weight is 445 g/mol. The van der Waals surface area contributed by atoms with Crippen LogP contribution < -0.4 is 0 Å². The quantitative estimate of drug-likeness (QED) is 0.413. The zero-order chi connectivity index (χ0) is 23.9. The van der Waals surface area contributed by atoms with E-state index >= 15 is 0 Å². The van der Waals surface area contributed by atoms with E-state index in [0.29, 0.717) is 30.8 Å². The van der Waals surface area contributed by atoms with E-state index in [0.717, 1.165) is 16.7 Å². The molecule has 1 aromatic carbocycles. The fraction of sp³-hybridized carbons (Fsp3) is 0.538. The monoisotopic (exact) mass is 444 g/mol. The maximum atomic E-state index is 13.1. The van der Waals surface area contributed by atoms with Crippen molar-refractivity contribution < 1.29 is 28.5 Å². The number of methoxy groups -OCH3 is 2. The highest BCUT2D eigenvalue weighted by atomic mass is 16.6. The van der Waals surface area contributed by atoms with Crippen molar-refractivity contribution in [3.63, 3.8) is 0 Å². The molecule has 6 nitrogen and oxygen atoms in total. The minimum atomic E-state index is -0.553. The van der Waals surface area contributed by atoms with E-state index < -0.39 is 17.9 Å². The number of hydrogen-bond acceptors (Lipinski definition) is 6.